The molecule has 0 aromatic carbocycles. The van der Waals surface area contributed by atoms with Crippen LogP contribution in [-0.2, 0) is 4.79 Å². The highest BCUT2D eigenvalue weighted by atomic mass is 35.5. The van der Waals surface area contributed by atoms with Gasteiger partial charge in [0.25, 0.3) is 5.91 Å². The minimum Gasteiger partial charge on any atom is -0.410 e. The van der Waals surface area contributed by atoms with E-state index in [1.165, 1.54) is 5.01 Å². The maximum atomic E-state index is 11.8. The zero-order valence-electron chi connectivity index (χ0n) is 8.78. The Kier molecular flexibility index (Phi) is 2.95. The number of oxime groups is 1. The van der Waals surface area contributed by atoms with Crippen LogP contribution in [0.15, 0.2) is 10.9 Å². The molecule has 0 aromatic rings. The number of carbonyl (C=O) groups excluding carboxylic acids is 1. The average molecular weight is 231 g/mol. The van der Waals surface area contributed by atoms with Crippen LogP contribution in [0.25, 0.3) is 0 Å². The van der Waals surface area contributed by atoms with Crippen molar-refractivity contribution < 1.29 is 10.0 Å². The predicted molar refractivity (Wildman–Crippen MR) is 56.4 cm³/mol. The molecule has 1 aliphatic heterocycles. The summed E-state index contributed by atoms with van der Waals surface area (Å²) >= 11 is 5.78. The van der Waals surface area contributed by atoms with Crippen molar-refractivity contribution in [3.05, 3.63) is 12.3 Å². The van der Waals surface area contributed by atoms with Gasteiger partial charge in [0.2, 0.25) is 0 Å². The number of rotatable bonds is 0. The van der Waals surface area contributed by atoms with Gasteiger partial charge >= 0.3 is 0 Å². The van der Waals surface area contributed by atoms with E-state index in [1.54, 1.807) is 0 Å². The van der Waals surface area contributed by atoms with Crippen molar-refractivity contribution in [2.75, 3.05) is 0 Å². The molecule has 1 fully saturated rings. The van der Waals surface area contributed by atoms with Crippen LogP contribution in [0.2, 0.25) is 0 Å². The number of amides is 1. The first-order valence-electron chi connectivity index (χ1n) is 4.38. The van der Waals surface area contributed by atoms with E-state index in [0.717, 1.165) is 0 Å². The monoisotopic (exact) mass is 230 g/mol. The average Bonchev–Trinajstić information content (AvgIpc) is 2.10. The van der Waals surface area contributed by atoms with E-state index in [9.17, 15) is 4.79 Å². The third-order valence-electron chi connectivity index (χ3n) is 1.95. The number of nitrogens with one attached hydrogen (secondary N) is 1. The van der Waals surface area contributed by atoms with E-state index in [-0.39, 0.29) is 11.4 Å². The van der Waals surface area contributed by atoms with Crippen LogP contribution in [-0.4, -0.2) is 32.8 Å². The molecule has 0 bridgehead atoms. The summed E-state index contributed by atoms with van der Waals surface area (Å²) in [6.45, 7) is 11.0. The summed E-state index contributed by atoms with van der Waals surface area (Å²) in [5, 5.41) is 11.9. The Morgan fingerprint density at radius 1 is 1.60 bits per heavy atom. The van der Waals surface area contributed by atoms with Crippen LogP contribution in [0.1, 0.15) is 20.8 Å². The third kappa shape index (κ3) is 2.07. The molecule has 1 saturated heterocycles. The van der Waals surface area contributed by atoms with Gasteiger partial charge in [0, 0.05) is 0 Å². The molecule has 83 valence electrons. The van der Waals surface area contributed by atoms with E-state index in [1.807, 2.05) is 20.8 Å². The first-order chi connectivity index (χ1) is 6.79. The van der Waals surface area contributed by atoms with Crippen molar-refractivity contribution in [3.8, 4) is 0 Å². The summed E-state index contributed by atoms with van der Waals surface area (Å²) < 4.78 is 0. The highest BCUT2D eigenvalue weighted by Crippen LogP contribution is 2.21. The number of allylic oxidation sites excluding steroid dienone is 1. The number of carbonyl (C=O) groups is 1. The number of alkyl halides is 1. The summed E-state index contributed by atoms with van der Waals surface area (Å²) in [6.07, 6.45) is 0. The lowest BCUT2D eigenvalue weighted by molar-refractivity contribution is -0.133. The van der Waals surface area contributed by atoms with Gasteiger partial charge in [-0.15, -0.1) is 11.6 Å². The summed E-state index contributed by atoms with van der Waals surface area (Å²) in [4.78, 5) is 11.8. The molecule has 1 aliphatic rings. The van der Waals surface area contributed by atoms with Gasteiger partial charge in [-0.3, -0.25) is 10.2 Å². The number of hydrogen-bond acceptors (Lipinski definition) is 4. The van der Waals surface area contributed by atoms with Gasteiger partial charge in [-0.05, 0) is 27.4 Å². The molecule has 1 radical (unpaired) electrons. The second-order valence-corrected chi connectivity index (χ2v) is 4.66. The van der Waals surface area contributed by atoms with Crippen LogP contribution in [0, 0.1) is 6.58 Å². The van der Waals surface area contributed by atoms with Crippen LogP contribution in [0.3, 0.4) is 0 Å². The molecule has 5 nitrogen and oxygen atoms in total. The van der Waals surface area contributed by atoms with E-state index < -0.39 is 16.8 Å². The Hall–Kier alpha value is -1.23. The summed E-state index contributed by atoms with van der Waals surface area (Å²) in [7, 11) is 0. The van der Waals surface area contributed by atoms with Gasteiger partial charge in [0.05, 0.1) is 11.2 Å². The van der Waals surface area contributed by atoms with Gasteiger partial charge in [0.15, 0.2) is 5.71 Å². The molecule has 1 atom stereocenters. The Balaban J connectivity index is 3.07. The van der Waals surface area contributed by atoms with Crippen LogP contribution >= 0.6 is 11.6 Å². The van der Waals surface area contributed by atoms with Crippen molar-refractivity contribution in [1.29, 1.82) is 0 Å². The maximum Gasteiger partial charge on any atom is 0.292 e. The lowest BCUT2D eigenvalue weighted by Crippen LogP contribution is -2.61. The van der Waals surface area contributed by atoms with Crippen LogP contribution in [0.5, 0.6) is 0 Å². The minimum absolute atomic E-state index is 0.166. The van der Waals surface area contributed by atoms with Crippen LogP contribution in [0.4, 0.5) is 0 Å². The Morgan fingerprint density at radius 2 is 2.13 bits per heavy atom. The molecular formula is C9H13ClN3O2. The Labute approximate surface area is 93.4 Å². The molecule has 6 heteroatoms. The van der Waals surface area contributed by atoms with Gasteiger partial charge < -0.3 is 5.21 Å². The molecule has 15 heavy (non-hydrogen) atoms. The van der Waals surface area contributed by atoms with Crippen molar-refractivity contribution in [2.24, 2.45) is 5.16 Å². The molecular weight excluding hydrogens is 218 g/mol. The molecule has 1 heterocycles. The fourth-order valence-corrected chi connectivity index (χ4v) is 1.36. The highest BCUT2D eigenvalue weighted by Gasteiger charge is 2.39. The van der Waals surface area contributed by atoms with E-state index in [0.29, 0.717) is 0 Å². The standard InChI is InChI=1S/C9H13ClN3O2/c1-5-6(10)7(12-15)8(14)13(11-5)9(2,3)4/h1,6,11,15H,2-4H3. The third-order valence-corrected chi connectivity index (χ3v) is 2.40. The molecule has 0 aliphatic carbocycles. The molecule has 0 spiro atoms. The van der Waals surface area contributed by atoms with E-state index in [4.69, 9.17) is 23.4 Å². The van der Waals surface area contributed by atoms with Crippen molar-refractivity contribution in [1.82, 2.24) is 10.4 Å². The molecule has 1 unspecified atom stereocenters. The van der Waals surface area contributed by atoms with Crippen molar-refractivity contribution in [3.63, 3.8) is 0 Å². The second-order valence-electron chi connectivity index (χ2n) is 4.23. The summed E-state index contributed by atoms with van der Waals surface area (Å²) in [5.74, 6) is -0.487. The smallest absolute Gasteiger partial charge is 0.292 e. The van der Waals surface area contributed by atoms with Crippen molar-refractivity contribution in [2.45, 2.75) is 31.7 Å². The molecule has 2 N–H and O–H groups in total. The van der Waals surface area contributed by atoms with Gasteiger partial charge in [-0.1, -0.05) is 5.16 Å². The first kappa shape index (κ1) is 11.8. The van der Waals surface area contributed by atoms with Gasteiger partial charge in [0.1, 0.15) is 5.38 Å². The zero-order chi connectivity index (χ0) is 11.8. The Morgan fingerprint density at radius 3 is 2.53 bits per heavy atom. The molecule has 0 aromatic heterocycles. The molecule has 1 amide bonds. The molecule has 0 saturated carbocycles. The maximum absolute atomic E-state index is 11.8. The second kappa shape index (κ2) is 3.73. The van der Waals surface area contributed by atoms with Gasteiger partial charge in [-0.2, -0.15) is 0 Å². The normalized spacial score (nSPS) is 25.7. The minimum atomic E-state index is -0.916. The number of hydrogen-bond donors (Lipinski definition) is 2. The zero-order valence-corrected chi connectivity index (χ0v) is 9.54. The topological polar surface area (TPSA) is 64.9 Å². The van der Waals surface area contributed by atoms with Gasteiger partial charge in [-0.25, -0.2) is 5.01 Å². The van der Waals surface area contributed by atoms with E-state index in [2.05, 4.69) is 10.6 Å². The quantitative estimate of drug-likeness (QED) is 0.369. The number of halogens is 1. The SMILES string of the molecule is [CH]=C1NN(C(C)(C)C)C(=O)C(=NO)C1Cl. The Bertz CT molecular complexity index is 333. The molecule has 1 rings (SSSR count). The lowest BCUT2D eigenvalue weighted by Gasteiger charge is -2.40. The fraction of sp³-hybridized carbons (Fsp3) is 0.556. The van der Waals surface area contributed by atoms with Crippen LogP contribution < -0.4 is 5.43 Å². The number of nitrogens with zero attached hydrogens (tertiary/aromatic N) is 2. The number of hydrazine groups is 1. The van der Waals surface area contributed by atoms with E-state index >= 15 is 0 Å². The summed E-state index contributed by atoms with van der Waals surface area (Å²) in [6, 6.07) is 0. The predicted octanol–water partition coefficient (Wildman–Crippen LogP) is 0.886. The largest absolute Gasteiger partial charge is 0.410 e. The fourth-order valence-electron chi connectivity index (χ4n) is 1.17. The first-order valence-corrected chi connectivity index (χ1v) is 4.82. The summed E-state index contributed by atoms with van der Waals surface area (Å²) in [5.41, 5.74) is 2.17. The highest BCUT2D eigenvalue weighted by molar-refractivity contribution is 6.52. The lowest BCUT2D eigenvalue weighted by atomic mass is 10.0. The van der Waals surface area contributed by atoms with Crippen molar-refractivity contribution >= 4 is 23.2 Å².